The second kappa shape index (κ2) is 6.04. The molecule has 1 unspecified atom stereocenters. The minimum Gasteiger partial charge on any atom is -0.396 e. The monoisotopic (exact) mass is 263 g/mol. The van der Waals surface area contributed by atoms with Crippen molar-refractivity contribution in [1.29, 1.82) is 0 Å². The van der Waals surface area contributed by atoms with E-state index in [1.165, 1.54) is 5.56 Å². The zero-order chi connectivity index (χ0) is 13.9. The Hall–Kier alpha value is -0.900. The third-order valence-corrected chi connectivity index (χ3v) is 4.62. The van der Waals surface area contributed by atoms with Crippen LogP contribution in [0.5, 0.6) is 0 Å². The van der Waals surface area contributed by atoms with Crippen LogP contribution in [0.1, 0.15) is 31.4 Å². The molecular formula is C16H25NO2. The molecule has 3 nitrogen and oxygen atoms in total. The Balaban J connectivity index is 1.97. The summed E-state index contributed by atoms with van der Waals surface area (Å²) in [6.45, 7) is 7.75. The number of hydrogen-bond acceptors (Lipinski definition) is 3. The van der Waals surface area contributed by atoms with Crippen molar-refractivity contribution >= 4 is 0 Å². The molecule has 2 N–H and O–H groups in total. The molecule has 0 amide bonds. The molecule has 1 fully saturated rings. The third kappa shape index (κ3) is 3.16. The van der Waals surface area contributed by atoms with Crippen molar-refractivity contribution in [3.8, 4) is 0 Å². The second-order valence-corrected chi connectivity index (χ2v) is 6.11. The van der Waals surface area contributed by atoms with Crippen molar-refractivity contribution in [3.63, 3.8) is 0 Å². The zero-order valence-electron chi connectivity index (χ0n) is 12.0. The number of aliphatic hydroxyl groups is 2. The zero-order valence-corrected chi connectivity index (χ0v) is 12.0. The van der Waals surface area contributed by atoms with Gasteiger partial charge in [-0.2, -0.15) is 0 Å². The van der Waals surface area contributed by atoms with Crippen molar-refractivity contribution in [2.75, 3.05) is 19.7 Å². The van der Waals surface area contributed by atoms with E-state index < -0.39 is 0 Å². The van der Waals surface area contributed by atoms with Gasteiger partial charge in [-0.3, -0.25) is 4.90 Å². The summed E-state index contributed by atoms with van der Waals surface area (Å²) in [5.41, 5.74) is 2.30. The molecule has 1 aromatic carbocycles. The lowest BCUT2D eigenvalue weighted by Gasteiger charge is -2.31. The van der Waals surface area contributed by atoms with Crippen molar-refractivity contribution in [2.24, 2.45) is 11.3 Å². The van der Waals surface area contributed by atoms with E-state index in [1.807, 2.05) is 12.1 Å². The van der Waals surface area contributed by atoms with Crippen LogP contribution in [0.3, 0.4) is 0 Å². The van der Waals surface area contributed by atoms with Crippen LogP contribution in [0, 0.1) is 11.3 Å². The van der Waals surface area contributed by atoms with Gasteiger partial charge in [0.1, 0.15) is 0 Å². The largest absolute Gasteiger partial charge is 0.396 e. The Morgan fingerprint density at radius 1 is 1.16 bits per heavy atom. The first-order valence-corrected chi connectivity index (χ1v) is 7.11. The SMILES string of the molecule is CC(C)C1(CO)CCN(Cc2ccc(CO)cc2)C1. The third-order valence-electron chi connectivity index (χ3n) is 4.62. The van der Waals surface area contributed by atoms with E-state index in [1.54, 1.807) is 0 Å². The number of benzene rings is 1. The average molecular weight is 263 g/mol. The van der Waals surface area contributed by atoms with Crippen LogP contribution in [0.4, 0.5) is 0 Å². The summed E-state index contributed by atoms with van der Waals surface area (Å²) >= 11 is 0. The van der Waals surface area contributed by atoms with Gasteiger partial charge in [0.15, 0.2) is 0 Å². The van der Waals surface area contributed by atoms with Crippen molar-refractivity contribution in [2.45, 2.75) is 33.4 Å². The van der Waals surface area contributed by atoms with E-state index >= 15 is 0 Å². The van der Waals surface area contributed by atoms with Crippen LogP contribution >= 0.6 is 0 Å². The Bertz CT molecular complexity index is 402. The quantitative estimate of drug-likeness (QED) is 0.854. The van der Waals surface area contributed by atoms with Crippen molar-refractivity contribution in [3.05, 3.63) is 35.4 Å². The number of hydrogen-bond donors (Lipinski definition) is 2. The van der Waals surface area contributed by atoms with Gasteiger partial charge >= 0.3 is 0 Å². The molecule has 0 saturated carbocycles. The Kier molecular flexibility index (Phi) is 4.61. The van der Waals surface area contributed by atoms with Gasteiger partial charge in [0.05, 0.1) is 13.2 Å². The molecular weight excluding hydrogens is 238 g/mol. The number of rotatable bonds is 5. The Labute approximate surface area is 115 Å². The standard InChI is InChI=1S/C16H25NO2/c1-13(2)16(12-19)7-8-17(11-16)9-14-3-5-15(10-18)6-4-14/h3-6,13,18-19H,7-12H2,1-2H3. The summed E-state index contributed by atoms with van der Waals surface area (Å²) in [6, 6.07) is 8.13. The first-order valence-electron chi connectivity index (χ1n) is 7.11. The molecule has 1 aliphatic heterocycles. The van der Waals surface area contributed by atoms with Gasteiger partial charge in [-0.1, -0.05) is 38.1 Å². The fourth-order valence-electron chi connectivity index (χ4n) is 2.91. The maximum Gasteiger partial charge on any atom is 0.0681 e. The molecule has 3 heteroatoms. The summed E-state index contributed by atoms with van der Waals surface area (Å²) in [7, 11) is 0. The van der Waals surface area contributed by atoms with E-state index in [4.69, 9.17) is 5.11 Å². The van der Waals surface area contributed by atoms with Gasteiger partial charge in [-0.15, -0.1) is 0 Å². The van der Waals surface area contributed by atoms with Gasteiger partial charge < -0.3 is 10.2 Å². The van der Waals surface area contributed by atoms with Crippen LogP contribution in [0.2, 0.25) is 0 Å². The highest BCUT2D eigenvalue weighted by molar-refractivity contribution is 5.22. The first-order chi connectivity index (χ1) is 9.09. The number of nitrogens with zero attached hydrogens (tertiary/aromatic N) is 1. The van der Waals surface area contributed by atoms with E-state index in [-0.39, 0.29) is 18.6 Å². The van der Waals surface area contributed by atoms with Crippen LogP contribution in [0.25, 0.3) is 0 Å². The summed E-state index contributed by atoms with van der Waals surface area (Å²) in [5, 5.41) is 18.7. The first kappa shape index (κ1) is 14.5. The van der Waals surface area contributed by atoms with Crippen LogP contribution in [-0.4, -0.2) is 34.8 Å². The molecule has 0 aliphatic carbocycles. The van der Waals surface area contributed by atoms with Crippen molar-refractivity contribution < 1.29 is 10.2 Å². The maximum atomic E-state index is 9.68. The second-order valence-electron chi connectivity index (χ2n) is 6.11. The molecule has 106 valence electrons. The molecule has 1 heterocycles. The molecule has 0 aromatic heterocycles. The number of likely N-dealkylation sites (tertiary alicyclic amines) is 1. The number of aliphatic hydroxyl groups excluding tert-OH is 2. The van der Waals surface area contributed by atoms with E-state index in [2.05, 4.69) is 30.9 Å². The van der Waals surface area contributed by atoms with Gasteiger partial charge in [-0.25, -0.2) is 0 Å². The molecule has 1 aliphatic rings. The van der Waals surface area contributed by atoms with Crippen LogP contribution < -0.4 is 0 Å². The molecule has 19 heavy (non-hydrogen) atoms. The molecule has 0 spiro atoms. The van der Waals surface area contributed by atoms with Crippen molar-refractivity contribution in [1.82, 2.24) is 4.90 Å². The molecule has 1 aromatic rings. The van der Waals surface area contributed by atoms with E-state index in [0.29, 0.717) is 5.92 Å². The summed E-state index contributed by atoms with van der Waals surface area (Å²) in [5.74, 6) is 0.513. The minimum absolute atomic E-state index is 0.0744. The summed E-state index contributed by atoms with van der Waals surface area (Å²) in [6.07, 6.45) is 1.08. The van der Waals surface area contributed by atoms with E-state index in [0.717, 1.165) is 31.6 Å². The van der Waals surface area contributed by atoms with E-state index in [9.17, 15) is 5.11 Å². The molecule has 1 atom stereocenters. The maximum absolute atomic E-state index is 9.68. The van der Waals surface area contributed by atoms with Gasteiger partial charge in [0, 0.05) is 18.5 Å². The Morgan fingerprint density at radius 3 is 2.26 bits per heavy atom. The summed E-state index contributed by atoms with van der Waals surface area (Å²) in [4.78, 5) is 2.42. The smallest absolute Gasteiger partial charge is 0.0681 e. The highest BCUT2D eigenvalue weighted by Gasteiger charge is 2.39. The lowest BCUT2D eigenvalue weighted by molar-refractivity contribution is 0.0820. The van der Waals surface area contributed by atoms with Gasteiger partial charge in [0.25, 0.3) is 0 Å². The summed E-state index contributed by atoms with van der Waals surface area (Å²) < 4.78 is 0. The van der Waals surface area contributed by atoms with Crippen LogP contribution in [0.15, 0.2) is 24.3 Å². The van der Waals surface area contributed by atoms with Gasteiger partial charge in [-0.05, 0) is 30.0 Å². The highest BCUT2D eigenvalue weighted by atomic mass is 16.3. The molecule has 1 saturated heterocycles. The normalized spacial score (nSPS) is 24.3. The predicted octanol–water partition coefficient (Wildman–Crippen LogP) is 2.02. The fourth-order valence-corrected chi connectivity index (χ4v) is 2.91. The fraction of sp³-hybridized carbons (Fsp3) is 0.625. The molecule has 0 radical (unpaired) electrons. The topological polar surface area (TPSA) is 43.7 Å². The minimum atomic E-state index is 0.0744. The Morgan fingerprint density at radius 2 is 1.79 bits per heavy atom. The molecule has 0 bridgehead atoms. The lowest BCUT2D eigenvalue weighted by Crippen LogP contribution is -2.34. The molecule has 2 rings (SSSR count). The van der Waals surface area contributed by atoms with Gasteiger partial charge in [0.2, 0.25) is 0 Å². The predicted molar refractivity (Wildman–Crippen MR) is 76.6 cm³/mol. The lowest BCUT2D eigenvalue weighted by atomic mass is 9.77. The highest BCUT2D eigenvalue weighted by Crippen LogP contribution is 2.37. The van der Waals surface area contributed by atoms with Crippen LogP contribution in [-0.2, 0) is 13.2 Å². The average Bonchev–Trinajstić information content (AvgIpc) is 2.84.